The minimum Gasteiger partial charge on any atom is -0.384 e. The van der Waals surface area contributed by atoms with Gasteiger partial charge in [-0.2, -0.15) is 0 Å². The minimum atomic E-state index is -0.247. The number of rotatable bonds is 5. The summed E-state index contributed by atoms with van der Waals surface area (Å²) in [6.45, 7) is 5.03. The third-order valence-corrected chi connectivity index (χ3v) is 5.14. The monoisotopic (exact) mass is 407 g/mol. The quantitative estimate of drug-likeness (QED) is 0.517. The number of anilines is 1. The molecule has 0 bridgehead atoms. The highest BCUT2D eigenvalue weighted by molar-refractivity contribution is 6.31. The smallest absolute Gasteiger partial charge is 0.257 e. The van der Waals surface area contributed by atoms with Crippen LogP contribution < -0.4 is 11.1 Å². The predicted octanol–water partition coefficient (Wildman–Crippen LogP) is 4.25. The van der Waals surface area contributed by atoms with Gasteiger partial charge in [0, 0.05) is 11.6 Å². The first-order chi connectivity index (χ1) is 14.0. The van der Waals surface area contributed by atoms with Crippen LogP contribution in [0.5, 0.6) is 0 Å². The summed E-state index contributed by atoms with van der Waals surface area (Å²) in [5, 5.41) is 3.57. The second-order valence-electron chi connectivity index (χ2n) is 7.43. The zero-order chi connectivity index (χ0) is 20.5. The second kappa shape index (κ2) is 7.72. The molecule has 0 atom stereocenters. The Morgan fingerprint density at radius 3 is 2.45 bits per heavy atom. The molecule has 0 radical (unpaired) electrons. The van der Waals surface area contributed by atoms with E-state index in [1.807, 2.05) is 62.4 Å². The van der Waals surface area contributed by atoms with Gasteiger partial charge in [-0.15, -0.1) is 0 Å². The summed E-state index contributed by atoms with van der Waals surface area (Å²) < 4.78 is 1.81. The molecule has 0 spiro atoms. The molecule has 0 saturated carbocycles. The van der Waals surface area contributed by atoms with Crippen LogP contribution in [0.4, 0.5) is 5.82 Å². The Kier molecular flexibility index (Phi) is 5.11. The van der Waals surface area contributed by atoms with Gasteiger partial charge in [0.25, 0.3) is 5.91 Å². The third-order valence-electron chi connectivity index (χ3n) is 4.78. The van der Waals surface area contributed by atoms with Gasteiger partial charge in [-0.05, 0) is 29.7 Å². The lowest BCUT2D eigenvalue weighted by Crippen LogP contribution is -2.28. The molecule has 4 rings (SSSR count). The number of para-hydroxylation sites is 2. The van der Waals surface area contributed by atoms with E-state index in [2.05, 4.69) is 5.32 Å². The lowest BCUT2D eigenvalue weighted by Gasteiger charge is -2.10. The molecule has 0 unspecified atom stereocenters. The van der Waals surface area contributed by atoms with Crippen LogP contribution in [0, 0.1) is 5.92 Å². The molecule has 4 aromatic rings. The molecule has 0 fully saturated rings. The summed E-state index contributed by atoms with van der Waals surface area (Å²) in [4.78, 5) is 22.4. The van der Waals surface area contributed by atoms with Gasteiger partial charge in [-0.25, -0.2) is 9.97 Å². The van der Waals surface area contributed by atoms with Gasteiger partial charge in [-0.3, -0.25) is 4.79 Å². The van der Waals surface area contributed by atoms with E-state index in [9.17, 15) is 4.79 Å². The van der Waals surface area contributed by atoms with Gasteiger partial charge in [0.15, 0.2) is 5.65 Å². The topological polar surface area (TPSA) is 85.8 Å². The van der Waals surface area contributed by atoms with Gasteiger partial charge >= 0.3 is 0 Å². The molecule has 2 aromatic heterocycles. The number of nitrogens with one attached hydrogen (secondary N) is 1. The van der Waals surface area contributed by atoms with E-state index >= 15 is 0 Å². The highest BCUT2D eigenvalue weighted by Crippen LogP contribution is 2.29. The predicted molar refractivity (Wildman–Crippen MR) is 117 cm³/mol. The number of nitrogens with two attached hydrogens (primary N) is 1. The van der Waals surface area contributed by atoms with Crippen LogP contribution in [0.3, 0.4) is 0 Å². The summed E-state index contributed by atoms with van der Waals surface area (Å²) in [7, 11) is 0. The molecule has 7 heteroatoms. The van der Waals surface area contributed by atoms with Crippen molar-refractivity contribution in [3.05, 3.63) is 64.7 Å². The molecule has 3 N–H and O–H groups in total. The molecule has 2 heterocycles. The number of amides is 1. The van der Waals surface area contributed by atoms with Crippen LogP contribution in [-0.2, 0) is 6.54 Å². The first kappa shape index (κ1) is 19.2. The number of fused-ring (bicyclic) bond motifs is 2. The Hall–Kier alpha value is -3.12. The van der Waals surface area contributed by atoms with E-state index in [-0.39, 0.29) is 5.91 Å². The summed E-state index contributed by atoms with van der Waals surface area (Å²) >= 11 is 6.36. The van der Waals surface area contributed by atoms with Crippen molar-refractivity contribution in [3.8, 4) is 0 Å². The number of aromatic nitrogens is 3. The summed E-state index contributed by atoms with van der Waals surface area (Å²) in [6, 6.07) is 15.1. The standard InChI is InChI=1S/C22H22ClN5O/c1-13(2)11-25-22(29)18-19-21(27-17-10-6-5-9-16(17)26-19)28(20(18)24)12-14-7-3-4-8-15(14)23/h3-10,13H,11-12,24H2,1-2H3,(H,25,29). The zero-order valence-corrected chi connectivity index (χ0v) is 17.1. The fourth-order valence-electron chi connectivity index (χ4n) is 3.28. The first-order valence-electron chi connectivity index (χ1n) is 9.51. The van der Waals surface area contributed by atoms with Gasteiger partial charge in [-0.1, -0.05) is 55.8 Å². The van der Waals surface area contributed by atoms with Crippen LogP contribution in [-0.4, -0.2) is 27.0 Å². The maximum Gasteiger partial charge on any atom is 0.257 e. The van der Waals surface area contributed by atoms with Crippen molar-refractivity contribution in [2.75, 3.05) is 12.3 Å². The van der Waals surface area contributed by atoms with Crippen LogP contribution in [0.25, 0.3) is 22.2 Å². The number of hydrogen-bond acceptors (Lipinski definition) is 4. The minimum absolute atomic E-state index is 0.247. The first-order valence-corrected chi connectivity index (χ1v) is 9.89. The molecule has 1 amide bonds. The van der Waals surface area contributed by atoms with Crippen molar-refractivity contribution in [2.24, 2.45) is 5.92 Å². The molecule has 0 saturated heterocycles. The molecule has 6 nitrogen and oxygen atoms in total. The average molecular weight is 408 g/mol. The Morgan fingerprint density at radius 2 is 1.76 bits per heavy atom. The molecular formula is C22H22ClN5O. The lowest BCUT2D eigenvalue weighted by atomic mass is 10.2. The van der Waals surface area contributed by atoms with E-state index in [0.29, 0.717) is 52.1 Å². The molecule has 0 aliphatic rings. The number of benzene rings is 2. The normalized spacial score (nSPS) is 11.4. The SMILES string of the molecule is CC(C)CNC(=O)c1c(N)n(Cc2ccccc2Cl)c2nc3ccccc3nc12. The van der Waals surface area contributed by atoms with Crippen molar-refractivity contribution in [1.82, 2.24) is 19.9 Å². The number of carbonyl (C=O) groups is 1. The molecular weight excluding hydrogens is 386 g/mol. The Balaban J connectivity index is 1.92. The fourth-order valence-corrected chi connectivity index (χ4v) is 3.48. The van der Waals surface area contributed by atoms with E-state index in [4.69, 9.17) is 27.3 Å². The molecule has 0 aliphatic carbocycles. The third kappa shape index (κ3) is 3.63. The number of carbonyl (C=O) groups excluding carboxylic acids is 1. The van der Waals surface area contributed by atoms with Crippen molar-refractivity contribution < 1.29 is 4.79 Å². The van der Waals surface area contributed by atoms with Crippen LogP contribution in [0.2, 0.25) is 5.02 Å². The van der Waals surface area contributed by atoms with Gasteiger partial charge in [0.1, 0.15) is 16.9 Å². The molecule has 2 aromatic carbocycles. The Bertz CT molecular complexity index is 1210. The van der Waals surface area contributed by atoms with Crippen molar-refractivity contribution in [2.45, 2.75) is 20.4 Å². The summed E-state index contributed by atoms with van der Waals surface area (Å²) in [6.07, 6.45) is 0. The summed E-state index contributed by atoms with van der Waals surface area (Å²) in [5.74, 6) is 0.406. The van der Waals surface area contributed by atoms with E-state index in [1.165, 1.54) is 0 Å². The fraction of sp³-hybridized carbons (Fsp3) is 0.227. The van der Waals surface area contributed by atoms with Crippen molar-refractivity contribution >= 4 is 45.5 Å². The number of nitrogen functional groups attached to an aromatic ring is 1. The zero-order valence-electron chi connectivity index (χ0n) is 16.3. The molecule has 0 aliphatic heterocycles. The van der Waals surface area contributed by atoms with Crippen molar-refractivity contribution in [3.63, 3.8) is 0 Å². The van der Waals surface area contributed by atoms with Crippen LogP contribution in [0.15, 0.2) is 48.5 Å². The largest absolute Gasteiger partial charge is 0.384 e. The van der Waals surface area contributed by atoms with Gasteiger partial charge < -0.3 is 15.6 Å². The average Bonchev–Trinajstić information content (AvgIpc) is 2.97. The Morgan fingerprint density at radius 1 is 1.10 bits per heavy atom. The number of hydrogen-bond donors (Lipinski definition) is 2. The second-order valence-corrected chi connectivity index (χ2v) is 7.83. The maximum absolute atomic E-state index is 13.0. The maximum atomic E-state index is 13.0. The van der Waals surface area contributed by atoms with Gasteiger partial charge in [0.05, 0.1) is 17.6 Å². The molecule has 148 valence electrons. The van der Waals surface area contributed by atoms with E-state index in [0.717, 1.165) is 11.1 Å². The van der Waals surface area contributed by atoms with Gasteiger partial charge in [0.2, 0.25) is 0 Å². The summed E-state index contributed by atoms with van der Waals surface area (Å²) in [5.41, 5.74) is 10.2. The highest BCUT2D eigenvalue weighted by Gasteiger charge is 2.24. The number of halogens is 1. The van der Waals surface area contributed by atoms with E-state index in [1.54, 1.807) is 4.57 Å². The number of nitrogens with zero attached hydrogens (tertiary/aromatic N) is 3. The Labute approximate surface area is 173 Å². The van der Waals surface area contributed by atoms with Crippen LogP contribution >= 0.6 is 11.6 Å². The van der Waals surface area contributed by atoms with Crippen LogP contribution in [0.1, 0.15) is 29.8 Å². The molecule has 29 heavy (non-hydrogen) atoms. The van der Waals surface area contributed by atoms with Crippen molar-refractivity contribution in [1.29, 1.82) is 0 Å². The highest BCUT2D eigenvalue weighted by atomic mass is 35.5. The van der Waals surface area contributed by atoms with E-state index < -0.39 is 0 Å². The lowest BCUT2D eigenvalue weighted by molar-refractivity contribution is 0.0951.